The zero-order valence-corrected chi connectivity index (χ0v) is 18.6. The molecule has 0 fully saturated rings. The number of benzene rings is 2. The van der Waals surface area contributed by atoms with Crippen LogP contribution in [0, 0.1) is 6.92 Å². The second-order valence-corrected chi connectivity index (χ2v) is 10.00. The van der Waals surface area contributed by atoms with Gasteiger partial charge in [-0.1, -0.05) is 54.6 Å². The molecule has 0 radical (unpaired) electrons. The number of amides is 1. The van der Waals surface area contributed by atoms with E-state index < -0.39 is 15.9 Å². The molecule has 2 aromatic carbocycles. The minimum Gasteiger partial charge on any atom is -0.298 e. The molecule has 1 amide bonds. The highest BCUT2D eigenvalue weighted by Gasteiger charge is 2.23. The van der Waals surface area contributed by atoms with Gasteiger partial charge in [-0.25, -0.2) is 23.1 Å². The van der Waals surface area contributed by atoms with Crippen molar-refractivity contribution < 1.29 is 13.2 Å². The number of carbonyl (C=O) groups excluding carboxylic acids is 1. The van der Waals surface area contributed by atoms with E-state index in [1.165, 1.54) is 11.3 Å². The molecule has 7 nitrogen and oxygen atoms in total. The lowest BCUT2D eigenvalue weighted by molar-refractivity contribution is 0.0977. The van der Waals surface area contributed by atoms with Crippen molar-refractivity contribution in [3.63, 3.8) is 0 Å². The maximum Gasteiger partial charge on any atom is 0.284 e. The number of aryl methyl sites for hydroxylation is 1. The van der Waals surface area contributed by atoms with E-state index in [9.17, 15) is 13.2 Å². The van der Waals surface area contributed by atoms with E-state index in [0.29, 0.717) is 22.4 Å². The highest BCUT2D eigenvalue weighted by molar-refractivity contribution is 7.89. The molecule has 0 atom stereocenters. The third-order valence-corrected chi connectivity index (χ3v) is 6.14. The van der Waals surface area contributed by atoms with Crippen LogP contribution in [-0.4, -0.2) is 30.5 Å². The first kappa shape index (κ1) is 21.0. The van der Waals surface area contributed by atoms with Crippen molar-refractivity contribution >= 4 is 49.0 Å². The van der Waals surface area contributed by atoms with Crippen LogP contribution in [0.4, 0.5) is 10.9 Å². The summed E-state index contributed by atoms with van der Waals surface area (Å²) in [5.41, 5.74) is 1.14. The van der Waals surface area contributed by atoms with Crippen molar-refractivity contribution in [2.45, 2.75) is 13.5 Å². The highest BCUT2D eigenvalue weighted by Crippen LogP contribution is 2.33. The fourth-order valence-electron chi connectivity index (χ4n) is 3.16. The monoisotopic (exact) mass is 452 g/mol. The van der Waals surface area contributed by atoms with Crippen LogP contribution in [0.5, 0.6) is 0 Å². The van der Waals surface area contributed by atoms with Gasteiger partial charge in [0.2, 0.25) is 10.0 Å². The molecule has 1 N–H and O–H groups in total. The third-order valence-electron chi connectivity index (χ3n) is 4.59. The van der Waals surface area contributed by atoms with Crippen LogP contribution in [0.15, 0.2) is 66.9 Å². The van der Waals surface area contributed by atoms with Gasteiger partial charge in [0.15, 0.2) is 5.13 Å². The predicted molar refractivity (Wildman–Crippen MR) is 123 cm³/mol. The number of rotatable bonds is 6. The van der Waals surface area contributed by atoms with E-state index in [-0.39, 0.29) is 5.69 Å². The number of nitrogens with one attached hydrogen (secondary N) is 1. The molecular formula is C22H20N4O3S2. The van der Waals surface area contributed by atoms with Crippen LogP contribution < -0.4 is 9.62 Å². The summed E-state index contributed by atoms with van der Waals surface area (Å²) in [6.07, 6.45) is 2.74. The standard InChI is InChI=1S/C22H20N4O3S2/c1-15-20(21(27)25-31(2,28)29)24-22(30-15)26(14-16-8-4-3-5-9-16)19-12-17-10-6-7-11-18(17)13-23-19/h3-13H,14H2,1-2H3,(H,25,27). The molecule has 9 heteroatoms. The number of pyridine rings is 1. The molecule has 4 aromatic rings. The molecule has 158 valence electrons. The van der Waals surface area contributed by atoms with Gasteiger partial charge in [0.05, 0.1) is 12.8 Å². The summed E-state index contributed by atoms with van der Waals surface area (Å²) in [6, 6.07) is 19.8. The molecule has 0 saturated carbocycles. The number of hydrogen-bond acceptors (Lipinski definition) is 7. The molecular weight excluding hydrogens is 432 g/mol. The Hall–Kier alpha value is -3.30. The normalized spacial score (nSPS) is 11.4. The molecule has 0 saturated heterocycles. The third kappa shape index (κ3) is 4.89. The average molecular weight is 453 g/mol. The first-order valence-electron chi connectivity index (χ1n) is 9.46. The first-order valence-corrected chi connectivity index (χ1v) is 12.2. The van der Waals surface area contributed by atoms with E-state index in [1.807, 2.05) is 70.3 Å². The number of fused-ring (bicyclic) bond motifs is 1. The molecule has 0 aliphatic rings. The van der Waals surface area contributed by atoms with Crippen molar-refractivity contribution in [1.82, 2.24) is 14.7 Å². The van der Waals surface area contributed by atoms with E-state index in [4.69, 9.17) is 0 Å². The fourth-order valence-corrected chi connectivity index (χ4v) is 4.50. The van der Waals surface area contributed by atoms with E-state index in [1.54, 1.807) is 13.1 Å². The minimum atomic E-state index is -3.69. The lowest BCUT2D eigenvalue weighted by Gasteiger charge is -2.21. The van der Waals surface area contributed by atoms with Gasteiger partial charge < -0.3 is 0 Å². The van der Waals surface area contributed by atoms with E-state index in [2.05, 4.69) is 9.97 Å². The van der Waals surface area contributed by atoms with Crippen LogP contribution in [-0.2, 0) is 16.6 Å². The Kier molecular flexibility index (Phi) is 5.71. The Labute approximate surface area is 184 Å². The number of nitrogens with zero attached hydrogens (tertiary/aromatic N) is 3. The van der Waals surface area contributed by atoms with Gasteiger partial charge in [0.25, 0.3) is 5.91 Å². The van der Waals surface area contributed by atoms with Crippen molar-refractivity contribution in [3.8, 4) is 0 Å². The lowest BCUT2D eigenvalue weighted by atomic mass is 10.1. The predicted octanol–water partition coefficient (Wildman–Crippen LogP) is 4.03. The Morgan fingerprint density at radius 1 is 1.06 bits per heavy atom. The van der Waals surface area contributed by atoms with Crippen LogP contribution >= 0.6 is 11.3 Å². The van der Waals surface area contributed by atoms with Gasteiger partial charge >= 0.3 is 0 Å². The van der Waals surface area contributed by atoms with Crippen molar-refractivity contribution in [1.29, 1.82) is 0 Å². The summed E-state index contributed by atoms with van der Waals surface area (Å²) in [5, 5.41) is 2.62. The summed E-state index contributed by atoms with van der Waals surface area (Å²) in [7, 11) is -3.69. The second-order valence-electron chi connectivity index (χ2n) is 7.07. The Morgan fingerprint density at radius 2 is 1.74 bits per heavy atom. The van der Waals surface area contributed by atoms with Crippen LogP contribution in [0.25, 0.3) is 10.8 Å². The number of hydrogen-bond donors (Lipinski definition) is 1. The SMILES string of the molecule is Cc1sc(N(Cc2ccccc2)c2cc3ccccc3cn2)nc1C(=O)NS(C)(=O)=O. The van der Waals surface area contributed by atoms with Crippen molar-refractivity contribution in [2.24, 2.45) is 0 Å². The molecule has 0 spiro atoms. The van der Waals surface area contributed by atoms with Crippen molar-refractivity contribution in [3.05, 3.63) is 83.0 Å². The summed E-state index contributed by atoms with van der Waals surface area (Å²) in [4.78, 5) is 24.0. The Balaban J connectivity index is 1.77. The van der Waals surface area contributed by atoms with Gasteiger partial charge in [-0.05, 0) is 23.9 Å². The van der Waals surface area contributed by atoms with Crippen LogP contribution in [0.1, 0.15) is 20.9 Å². The Bertz CT molecular complexity index is 1350. The lowest BCUT2D eigenvalue weighted by Crippen LogP contribution is -2.30. The largest absolute Gasteiger partial charge is 0.298 e. The zero-order chi connectivity index (χ0) is 22.0. The van der Waals surface area contributed by atoms with Gasteiger partial charge in [0, 0.05) is 16.5 Å². The molecule has 0 aliphatic heterocycles. The van der Waals surface area contributed by atoms with Crippen molar-refractivity contribution in [2.75, 3.05) is 11.2 Å². The number of sulfonamides is 1. The molecule has 2 heterocycles. The second kappa shape index (κ2) is 8.44. The molecule has 0 aliphatic carbocycles. The van der Waals surface area contributed by atoms with E-state index in [0.717, 1.165) is 22.6 Å². The average Bonchev–Trinajstić information content (AvgIpc) is 3.13. The molecule has 2 aromatic heterocycles. The van der Waals surface area contributed by atoms with Gasteiger partial charge in [-0.3, -0.25) is 9.69 Å². The molecule has 4 rings (SSSR count). The summed E-state index contributed by atoms with van der Waals surface area (Å²) in [6.45, 7) is 2.24. The van der Waals surface area contributed by atoms with Gasteiger partial charge in [0.1, 0.15) is 11.5 Å². The Morgan fingerprint density at radius 3 is 2.45 bits per heavy atom. The molecule has 0 bridgehead atoms. The number of carbonyl (C=O) groups is 1. The molecule has 31 heavy (non-hydrogen) atoms. The number of anilines is 2. The van der Waals surface area contributed by atoms with Gasteiger partial charge in [-0.2, -0.15) is 0 Å². The van der Waals surface area contributed by atoms with E-state index >= 15 is 0 Å². The summed E-state index contributed by atoms with van der Waals surface area (Å²) in [5.74, 6) is -0.0555. The number of aromatic nitrogens is 2. The smallest absolute Gasteiger partial charge is 0.284 e. The molecule has 0 unspecified atom stereocenters. The quantitative estimate of drug-likeness (QED) is 0.475. The summed E-state index contributed by atoms with van der Waals surface area (Å²) < 4.78 is 24.9. The summed E-state index contributed by atoms with van der Waals surface area (Å²) >= 11 is 1.32. The highest BCUT2D eigenvalue weighted by atomic mass is 32.2. The number of thiazole rings is 1. The first-order chi connectivity index (χ1) is 14.8. The van der Waals surface area contributed by atoms with Gasteiger partial charge in [-0.15, -0.1) is 11.3 Å². The van der Waals surface area contributed by atoms with Crippen LogP contribution in [0.2, 0.25) is 0 Å². The maximum absolute atomic E-state index is 12.4. The minimum absolute atomic E-state index is 0.0873. The zero-order valence-electron chi connectivity index (χ0n) is 16.9. The topological polar surface area (TPSA) is 92.3 Å². The van der Waals surface area contributed by atoms with Crippen LogP contribution in [0.3, 0.4) is 0 Å². The fraction of sp³-hybridized carbons (Fsp3) is 0.136. The maximum atomic E-state index is 12.4.